The maximum Gasteiger partial charge on any atom is 0.329 e. The molecule has 2 fully saturated rings. The number of nitrogens with one attached hydrogen (secondary N) is 1. The minimum absolute atomic E-state index is 0.213. The SMILES string of the molecule is COc1cc(N2CCCC2)c(OC)cc1/C=C1/NC(=O)N(Cc2ccccc2)C1=O. The second-order valence-corrected chi connectivity index (χ2v) is 7.33. The lowest BCUT2D eigenvalue weighted by atomic mass is 10.1. The number of methoxy groups -OCH3 is 2. The molecule has 7 heteroatoms. The van der Waals surface area contributed by atoms with Gasteiger partial charge in [-0.15, -0.1) is 0 Å². The molecule has 30 heavy (non-hydrogen) atoms. The highest BCUT2D eigenvalue weighted by atomic mass is 16.5. The summed E-state index contributed by atoms with van der Waals surface area (Å²) in [6.45, 7) is 2.17. The van der Waals surface area contributed by atoms with E-state index in [0.717, 1.165) is 37.2 Å². The van der Waals surface area contributed by atoms with Gasteiger partial charge in [0.05, 0.1) is 26.5 Å². The van der Waals surface area contributed by atoms with Gasteiger partial charge in [-0.3, -0.25) is 9.69 Å². The van der Waals surface area contributed by atoms with E-state index in [0.29, 0.717) is 17.1 Å². The van der Waals surface area contributed by atoms with Crippen molar-refractivity contribution in [3.8, 4) is 11.5 Å². The van der Waals surface area contributed by atoms with Crippen LogP contribution >= 0.6 is 0 Å². The summed E-state index contributed by atoms with van der Waals surface area (Å²) < 4.78 is 11.2. The van der Waals surface area contributed by atoms with Crippen LogP contribution in [0.3, 0.4) is 0 Å². The molecule has 2 heterocycles. The third kappa shape index (κ3) is 3.83. The van der Waals surface area contributed by atoms with Crippen LogP contribution in [-0.2, 0) is 11.3 Å². The van der Waals surface area contributed by atoms with Crippen LogP contribution in [0.2, 0.25) is 0 Å². The van der Waals surface area contributed by atoms with Gasteiger partial charge >= 0.3 is 6.03 Å². The summed E-state index contributed by atoms with van der Waals surface area (Å²) in [5.41, 5.74) is 2.74. The van der Waals surface area contributed by atoms with E-state index < -0.39 is 6.03 Å². The second-order valence-electron chi connectivity index (χ2n) is 7.33. The molecule has 1 N–H and O–H groups in total. The van der Waals surface area contributed by atoms with E-state index in [1.165, 1.54) is 4.90 Å². The number of imide groups is 1. The first kappa shape index (κ1) is 19.8. The Balaban J connectivity index is 1.63. The Kier molecular flexibility index (Phi) is 5.61. The highest BCUT2D eigenvalue weighted by Crippen LogP contribution is 2.38. The standard InChI is InChI=1S/C23H25N3O4/c1-29-20-14-19(25-10-6-7-11-25)21(30-2)13-17(20)12-18-22(27)26(23(28)24-18)15-16-8-4-3-5-9-16/h3-5,8-9,12-14H,6-7,10-11,15H2,1-2H3,(H,24,28)/b18-12+. The van der Waals surface area contributed by atoms with E-state index in [1.54, 1.807) is 20.3 Å². The monoisotopic (exact) mass is 407 g/mol. The van der Waals surface area contributed by atoms with Crippen molar-refractivity contribution >= 4 is 23.7 Å². The average molecular weight is 407 g/mol. The zero-order valence-corrected chi connectivity index (χ0v) is 17.2. The number of hydrogen-bond acceptors (Lipinski definition) is 5. The largest absolute Gasteiger partial charge is 0.496 e. The molecule has 2 aromatic rings. The topological polar surface area (TPSA) is 71.1 Å². The first-order valence-electron chi connectivity index (χ1n) is 10.00. The van der Waals surface area contributed by atoms with Crippen LogP contribution in [0.25, 0.3) is 6.08 Å². The lowest BCUT2D eigenvalue weighted by Crippen LogP contribution is -2.30. The van der Waals surface area contributed by atoms with Crippen molar-refractivity contribution in [2.24, 2.45) is 0 Å². The average Bonchev–Trinajstić information content (AvgIpc) is 3.39. The molecule has 2 aliphatic rings. The quantitative estimate of drug-likeness (QED) is 0.587. The highest BCUT2D eigenvalue weighted by molar-refractivity contribution is 6.14. The molecule has 156 valence electrons. The summed E-state index contributed by atoms with van der Waals surface area (Å²) in [6.07, 6.45) is 3.93. The molecule has 0 saturated carbocycles. The molecule has 4 rings (SSSR count). The van der Waals surface area contributed by atoms with Gasteiger partial charge in [-0.05, 0) is 30.5 Å². The molecule has 0 spiro atoms. The predicted octanol–water partition coefficient (Wildman–Crippen LogP) is 3.40. The molecule has 2 saturated heterocycles. The number of hydrogen-bond donors (Lipinski definition) is 1. The first-order valence-corrected chi connectivity index (χ1v) is 10.00. The van der Waals surface area contributed by atoms with Gasteiger partial charge in [0.1, 0.15) is 17.2 Å². The molecule has 2 aliphatic heterocycles. The van der Waals surface area contributed by atoms with Crippen molar-refractivity contribution in [2.75, 3.05) is 32.2 Å². The van der Waals surface area contributed by atoms with Crippen molar-refractivity contribution in [3.05, 3.63) is 59.3 Å². The van der Waals surface area contributed by atoms with Crippen LogP contribution < -0.4 is 19.7 Å². The van der Waals surface area contributed by atoms with E-state index >= 15 is 0 Å². The van der Waals surface area contributed by atoms with E-state index in [2.05, 4.69) is 10.2 Å². The number of amides is 3. The summed E-state index contributed by atoms with van der Waals surface area (Å²) in [6, 6.07) is 12.8. The number of carbonyl (C=O) groups is 2. The number of benzene rings is 2. The Morgan fingerprint density at radius 2 is 1.70 bits per heavy atom. The van der Waals surface area contributed by atoms with Gasteiger partial charge in [0.2, 0.25) is 0 Å². The molecule has 7 nitrogen and oxygen atoms in total. The Hall–Kier alpha value is -3.48. The molecular weight excluding hydrogens is 382 g/mol. The maximum absolute atomic E-state index is 12.8. The van der Waals surface area contributed by atoms with Crippen LogP contribution in [-0.4, -0.2) is 44.1 Å². The smallest absolute Gasteiger partial charge is 0.329 e. The lowest BCUT2D eigenvalue weighted by Gasteiger charge is -2.22. The number of rotatable bonds is 6. The molecule has 3 amide bonds. The Labute approximate surface area is 175 Å². The van der Waals surface area contributed by atoms with E-state index in [4.69, 9.17) is 9.47 Å². The summed E-state index contributed by atoms with van der Waals surface area (Å²) in [7, 11) is 3.22. The molecule has 0 aromatic heterocycles. The zero-order valence-electron chi connectivity index (χ0n) is 17.2. The molecule has 0 bridgehead atoms. The predicted molar refractivity (Wildman–Crippen MR) is 114 cm³/mol. The number of carbonyl (C=O) groups excluding carboxylic acids is 2. The van der Waals surface area contributed by atoms with Gasteiger partial charge in [-0.25, -0.2) is 4.79 Å². The van der Waals surface area contributed by atoms with Crippen LogP contribution in [0.15, 0.2) is 48.2 Å². The summed E-state index contributed by atoms with van der Waals surface area (Å²) in [4.78, 5) is 28.7. The number of nitrogens with zero attached hydrogens (tertiary/aromatic N) is 2. The van der Waals surface area contributed by atoms with Crippen LogP contribution in [0.4, 0.5) is 10.5 Å². The molecular formula is C23H25N3O4. The van der Waals surface area contributed by atoms with E-state index in [9.17, 15) is 9.59 Å². The Morgan fingerprint density at radius 3 is 2.37 bits per heavy atom. The van der Waals surface area contributed by atoms with Crippen molar-refractivity contribution in [1.29, 1.82) is 0 Å². The van der Waals surface area contributed by atoms with Crippen LogP contribution in [0, 0.1) is 0 Å². The second kappa shape index (κ2) is 8.49. The van der Waals surface area contributed by atoms with Crippen molar-refractivity contribution in [1.82, 2.24) is 10.2 Å². The Bertz CT molecular complexity index is 981. The third-order valence-electron chi connectivity index (χ3n) is 5.42. The summed E-state index contributed by atoms with van der Waals surface area (Å²) in [5.74, 6) is 0.963. The fourth-order valence-electron chi connectivity index (χ4n) is 3.86. The maximum atomic E-state index is 12.8. The molecule has 0 atom stereocenters. The first-order chi connectivity index (χ1) is 14.6. The summed E-state index contributed by atoms with van der Waals surface area (Å²) >= 11 is 0. The number of urea groups is 1. The fourth-order valence-corrected chi connectivity index (χ4v) is 3.86. The van der Waals surface area contributed by atoms with Crippen LogP contribution in [0.5, 0.6) is 11.5 Å². The van der Waals surface area contributed by atoms with Gasteiger partial charge in [0.15, 0.2) is 0 Å². The molecule has 0 unspecified atom stereocenters. The van der Waals surface area contributed by atoms with Gasteiger partial charge in [-0.1, -0.05) is 30.3 Å². The fraction of sp³-hybridized carbons (Fsp3) is 0.304. The highest BCUT2D eigenvalue weighted by Gasteiger charge is 2.33. The van der Waals surface area contributed by atoms with Gasteiger partial charge in [0.25, 0.3) is 5.91 Å². The summed E-state index contributed by atoms with van der Waals surface area (Å²) in [5, 5.41) is 2.67. The minimum Gasteiger partial charge on any atom is -0.496 e. The van der Waals surface area contributed by atoms with Crippen molar-refractivity contribution in [2.45, 2.75) is 19.4 Å². The van der Waals surface area contributed by atoms with Gasteiger partial charge < -0.3 is 19.7 Å². The third-order valence-corrected chi connectivity index (χ3v) is 5.42. The molecule has 2 aromatic carbocycles. The molecule has 0 aliphatic carbocycles. The van der Waals surface area contributed by atoms with Crippen molar-refractivity contribution < 1.29 is 19.1 Å². The zero-order chi connectivity index (χ0) is 21.1. The Morgan fingerprint density at radius 1 is 1.00 bits per heavy atom. The normalized spacial score (nSPS) is 17.6. The van der Waals surface area contributed by atoms with Crippen LogP contribution in [0.1, 0.15) is 24.0 Å². The number of ether oxygens (including phenoxy) is 2. The molecule has 0 radical (unpaired) electrons. The van der Waals surface area contributed by atoms with Gasteiger partial charge in [0, 0.05) is 24.7 Å². The van der Waals surface area contributed by atoms with E-state index in [-0.39, 0.29) is 18.1 Å². The minimum atomic E-state index is -0.435. The van der Waals surface area contributed by atoms with Crippen molar-refractivity contribution in [3.63, 3.8) is 0 Å². The lowest BCUT2D eigenvalue weighted by molar-refractivity contribution is -0.123. The van der Waals surface area contributed by atoms with Gasteiger partial charge in [-0.2, -0.15) is 0 Å². The number of anilines is 1. The van der Waals surface area contributed by atoms with E-state index in [1.807, 2.05) is 42.5 Å².